The zero-order valence-electron chi connectivity index (χ0n) is 17.0. The normalized spacial score (nSPS) is 10.9. The van der Waals surface area contributed by atoms with E-state index in [0.29, 0.717) is 35.6 Å². The molecule has 0 aliphatic heterocycles. The number of anilines is 3. The largest absolute Gasteiger partial charge is 0.383 e. The Morgan fingerprint density at radius 3 is 2.61 bits per heavy atom. The number of aromatic nitrogens is 3. The second kappa shape index (κ2) is 9.92. The quantitative estimate of drug-likeness (QED) is 0.243. The first kappa shape index (κ1) is 20.6. The lowest BCUT2D eigenvalue weighted by atomic mass is 10.2. The van der Waals surface area contributed by atoms with Gasteiger partial charge >= 0.3 is 6.08 Å². The SMILES string of the molecule is COCCNc1ccc2nc(F)nc(N(OCc3ccccn3)c3ccccc3)c2c1. The summed E-state index contributed by atoms with van der Waals surface area (Å²) in [6.45, 7) is 1.39. The molecule has 0 radical (unpaired) electrons. The summed E-state index contributed by atoms with van der Waals surface area (Å²) < 4.78 is 19.4. The fraction of sp³-hybridized carbons (Fsp3) is 0.174. The molecular weight excluding hydrogens is 397 g/mol. The molecule has 0 amide bonds. The first-order valence-electron chi connectivity index (χ1n) is 9.83. The van der Waals surface area contributed by atoms with E-state index in [9.17, 15) is 4.39 Å². The summed E-state index contributed by atoms with van der Waals surface area (Å²) in [7, 11) is 1.65. The predicted octanol–water partition coefficient (Wildman–Crippen LogP) is 4.49. The Balaban J connectivity index is 1.75. The molecule has 1 N–H and O–H groups in total. The van der Waals surface area contributed by atoms with Gasteiger partial charge in [0.2, 0.25) is 0 Å². The molecule has 2 aromatic heterocycles. The molecule has 8 heteroatoms. The van der Waals surface area contributed by atoms with E-state index in [1.165, 1.54) is 5.06 Å². The summed E-state index contributed by atoms with van der Waals surface area (Å²) in [5.41, 5.74) is 2.76. The van der Waals surface area contributed by atoms with E-state index in [1.54, 1.807) is 19.4 Å². The first-order valence-corrected chi connectivity index (χ1v) is 9.83. The van der Waals surface area contributed by atoms with Crippen LogP contribution in [0.5, 0.6) is 0 Å². The summed E-state index contributed by atoms with van der Waals surface area (Å²) in [6.07, 6.45) is 0.869. The number of nitrogens with one attached hydrogen (secondary N) is 1. The topological polar surface area (TPSA) is 72.4 Å². The average molecular weight is 419 g/mol. The third-order valence-corrected chi connectivity index (χ3v) is 4.53. The van der Waals surface area contributed by atoms with Gasteiger partial charge in [0.1, 0.15) is 6.61 Å². The maximum absolute atomic E-state index is 14.3. The number of benzene rings is 2. The molecule has 4 rings (SSSR count). The Bertz CT molecular complexity index is 1130. The number of fused-ring (bicyclic) bond motifs is 1. The first-order chi connectivity index (χ1) is 15.2. The van der Waals surface area contributed by atoms with Crippen molar-refractivity contribution in [2.75, 3.05) is 30.6 Å². The number of nitrogens with zero attached hydrogens (tertiary/aromatic N) is 4. The number of rotatable bonds is 9. The summed E-state index contributed by atoms with van der Waals surface area (Å²) in [5.74, 6) is 0.306. The average Bonchev–Trinajstić information content (AvgIpc) is 2.81. The van der Waals surface area contributed by atoms with Crippen molar-refractivity contribution in [1.82, 2.24) is 15.0 Å². The fourth-order valence-corrected chi connectivity index (χ4v) is 3.08. The minimum Gasteiger partial charge on any atom is -0.383 e. The lowest BCUT2D eigenvalue weighted by molar-refractivity contribution is 0.118. The van der Waals surface area contributed by atoms with E-state index in [-0.39, 0.29) is 6.61 Å². The van der Waals surface area contributed by atoms with Crippen molar-refractivity contribution in [2.24, 2.45) is 0 Å². The van der Waals surface area contributed by atoms with Gasteiger partial charge in [0.25, 0.3) is 0 Å². The lowest BCUT2D eigenvalue weighted by Gasteiger charge is -2.24. The minimum absolute atomic E-state index is 0.189. The molecule has 0 aliphatic carbocycles. The standard InChI is InChI=1S/C23H22FN5O2/c1-30-14-13-26-17-10-11-21-20(15-17)22(28-23(24)27-21)29(19-8-3-2-4-9-19)31-16-18-7-5-6-12-25-18/h2-12,15,26H,13-14,16H2,1H3. The number of methoxy groups -OCH3 is 1. The lowest BCUT2D eigenvalue weighted by Crippen LogP contribution is -2.20. The highest BCUT2D eigenvalue weighted by atomic mass is 19.1. The minimum atomic E-state index is -0.829. The number of para-hydroxylation sites is 1. The van der Waals surface area contributed by atoms with E-state index in [4.69, 9.17) is 9.57 Å². The van der Waals surface area contributed by atoms with Gasteiger partial charge in [-0.15, -0.1) is 0 Å². The summed E-state index contributed by atoms with van der Waals surface area (Å²) >= 11 is 0. The fourth-order valence-electron chi connectivity index (χ4n) is 3.08. The Morgan fingerprint density at radius 2 is 1.84 bits per heavy atom. The highest BCUT2D eigenvalue weighted by Crippen LogP contribution is 2.32. The molecule has 158 valence electrons. The van der Waals surface area contributed by atoms with Crippen molar-refractivity contribution in [1.29, 1.82) is 0 Å². The molecule has 0 saturated heterocycles. The van der Waals surface area contributed by atoms with Gasteiger partial charge in [0, 0.05) is 30.9 Å². The van der Waals surface area contributed by atoms with Gasteiger partial charge in [-0.25, -0.2) is 10.0 Å². The number of pyridine rings is 1. The highest BCUT2D eigenvalue weighted by molar-refractivity contribution is 5.93. The molecule has 0 unspecified atom stereocenters. The number of ether oxygens (including phenoxy) is 1. The second-order valence-corrected chi connectivity index (χ2v) is 6.69. The molecule has 4 aromatic rings. The maximum Gasteiger partial charge on any atom is 0.311 e. The van der Waals surface area contributed by atoms with Crippen LogP contribution in [0.4, 0.5) is 21.6 Å². The van der Waals surface area contributed by atoms with Gasteiger partial charge in [0.15, 0.2) is 5.82 Å². The summed E-state index contributed by atoms with van der Waals surface area (Å²) in [4.78, 5) is 18.4. The summed E-state index contributed by atoms with van der Waals surface area (Å²) in [5, 5.41) is 5.43. The van der Waals surface area contributed by atoms with E-state index >= 15 is 0 Å². The molecule has 31 heavy (non-hydrogen) atoms. The number of halogens is 1. The van der Waals surface area contributed by atoms with Crippen molar-refractivity contribution in [3.05, 3.63) is 84.7 Å². The van der Waals surface area contributed by atoms with Crippen LogP contribution in [-0.2, 0) is 16.2 Å². The van der Waals surface area contributed by atoms with E-state index < -0.39 is 6.08 Å². The smallest absolute Gasteiger partial charge is 0.311 e. The van der Waals surface area contributed by atoms with Gasteiger partial charge in [0.05, 0.1) is 23.5 Å². The van der Waals surface area contributed by atoms with Gasteiger partial charge < -0.3 is 10.1 Å². The molecule has 7 nitrogen and oxygen atoms in total. The van der Waals surface area contributed by atoms with Gasteiger partial charge in [-0.1, -0.05) is 24.3 Å². The molecule has 0 aliphatic rings. The van der Waals surface area contributed by atoms with Gasteiger partial charge in [-0.2, -0.15) is 9.37 Å². The Kier molecular flexibility index (Phi) is 6.61. The molecule has 0 atom stereocenters. The molecule has 2 aromatic carbocycles. The van der Waals surface area contributed by atoms with Crippen molar-refractivity contribution < 1.29 is 14.0 Å². The van der Waals surface area contributed by atoms with E-state index in [1.807, 2.05) is 60.7 Å². The molecule has 0 bridgehead atoms. The maximum atomic E-state index is 14.3. The third-order valence-electron chi connectivity index (χ3n) is 4.53. The molecular formula is C23H22FN5O2. The van der Waals surface area contributed by atoms with Crippen LogP contribution in [0.15, 0.2) is 72.9 Å². The summed E-state index contributed by atoms with van der Waals surface area (Å²) in [6, 6.07) is 20.4. The van der Waals surface area contributed by atoms with Crippen LogP contribution in [0.3, 0.4) is 0 Å². The van der Waals surface area contributed by atoms with Crippen molar-refractivity contribution in [3.63, 3.8) is 0 Å². The predicted molar refractivity (Wildman–Crippen MR) is 117 cm³/mol. The van der Waals surface area contributed by atoms with Crippen LogP contribution in [0.1, 0.15) is 5.69 Å². The van der Waals surface area contributed by atoms with Crippen LogP contribution in [0, 0.1) is 6.08 Å². The zero-order chi connectivity index (χ0) is 21.5. The van der Waals surface area contributed by atoms with Crippen LogP contribution < -0.4 is 10.4 Å². The third kappa shape index (κ3) is 5.11. The van der Waals surface area contributed by atoms with Crippen LogP contribution in [0.25, 0.3) is 10.9 Å². The zero-order valence-corrected chi connectivity index (χ0v) is 17.0. The van der Waals surface area contributed by atoms with Crippen molar-refractivity contribution in [2.45, 2.75) is 6.61 Å². The molecule has 2 heterocycles. The monoisotopic (exact) mass is 419 g/mol. The highest BCUT2D eigenvalue weighted by Gasteiger charge is 2.18. The van der Waals surface area contributed by atoms with E-state index in [0.717, 1.165) is 11.4 Å². The van der Waals surface area contributed by atoms with E-state index in [2.05, 4.69) is 20.3 Å². The van der Waals surface area contributed by atoms with Crippen LogP contribution >= 0.6 is 0 Å². The van der Waals surface area contributed by atoms with Crippen LogP contribution in [-0.4, -0.2) is 35.2 Å². The number of hydrogen-bond acceptors (Lipinski definition) is 7. The van der Waals surface area contributed by atoms with Crippen molar-refractivity contribution >= 4 is 28.1 Å². The Labute approximate surface area is 179 Å². The Morgan fingerprint density at radius 1 is 1.00 bits per heavy atom. The molecule has 0 fully saturated rings. The van der Waals surface area contributed by atoms with Gasteiger partial charge in [-0.3, -0.25) is 9.82 Å². The second-order valence-electron chi connectivity index (χ2n) is 6.69. The molecule has 0 saturated carbocycles. The molecule has 0 spiro atoms. The Hall–Kier alpha value is -3.62. The number of hydrogen-bond donors (Lipinski definition) is 1. The van der Waals surface area contributed by atoms with Crippen LogP contribution in [0.2, 0.25) is 0 Å². The van der Waals surface area contributed by atoms with Crippen molar-refractivity contribution in [3.8, 4) is 0 Å². The van der Waals surface area contributed by atoms with Gasteiger partial charge in [-0.05, 0) is 42.5 Å².